The van der Waals surface area contributed by atoms with Crippen molar-refractivity contribution in [2.45, 2.75) is 51.5 Å². The van der Waals surface area contributed by atoms with Gasteiger partial charge in [-0.25, -0.2) is 0 Å². The average molecular weight is 249 g/mol. The highest BCUT2D eigenvalue weighted by molar-refractivity contribution is 5.27. The summed E-state index contributed by atoms with van der Waals surface area (Å²) in [6, 6.07) is 10.8. The zero-order chi connectivity index (χ0) is 13.4. The minimum absolute atomic E-state index is 0.0468. The van der Waals surface area contributed by atoms with Crippen LogP contribution in [-0.2, 0) is 10.2 Å². The van der Waals surface area contributed by atoms with E-state index in [0.717, 1.165) is 32.5 Å². The minimum Gasteiger partial charge on any atom is -0.382 e. The lowest BCUT2D eigenvalue weighted by molar-refractivity contribution is 0.116. The summed E-state index contributed by atoms with van der Waals surface area (Å²) < 4.78 is 5.55. The van der Waals surface area contributed by atoms with E-state index in [1.54, 1.807) is 0 Å². The Bertz CT molecular complexity index is 323. The predicted octanol–water partition coefficient (Wildman–Crippen LogP) is 3.50. The molecule has 0 aliphatic rings. The molecular formula is C16H27NO. The molecule has 102 valence electrons. The van der Waals surface area contributed by atoms with Crippen LogP contribution in [0.15, 0.2) is 30.3 Å². The Morgan fingerprint density at radius 1 is 1.17 bits per heavy atom. The van der Waals surface area contributed by atoms with Gasteiger partial charge in [0.25, 0.3) is 0 Å². The molecule has 0 saturated carbocycles. The first-order valence-corrected chi connectivity index (χ1v) is 7.06. The molecule has 0 spiro atoms. The van der Waals surface area contributed by atoms with Crippen LogP contribution in [0, 0.1) is 0 Å². The van der Waals surface area contributed by atoms with E-state index >= 15 is 0 Å². The van der Waals surface area contributed by atoms with E-state index in [1.165, 1.54) is 5.56 Å². The molecule has 0 radical (unpaired) electrons. The Labute approximate surface area is 112 Å². The maximum atomic E-state index is 6.32. The second kappa shape index (κ2) is 7.55. The molecule has 2 heteroatoms. The maximum Gasteiger partial charge on any atom is 0.0474 e. The van der Waals surface area contributed by atoms with Gasteiger partial charge < -0.3 is 10.5 Å². The zero-order valence-electron chi connectivity index (χ0n) is 12.0. The Kier molecular flexibility index (Phi) is 6.37. The van der Waals surface area contributed by atoms with Crippen LogP contribution in [0.25, 0.3) is 0 Å². The third-order valence-corrected chi connectivity index (χ3v) is 3.81. The molecule has 0 amide bonds. The van der Waals surface area contributed by atoms with Gasteiger partial charge in [0.15, 0.2) is 0 Å². The molecule has 0 saturated heterocycles. The summed E-state index contributed by atoms with van der Waals surface area (Å²) in [5, 5.41) is 0. The molecule has 0 fully saturated rings. The predicted molar refractivity (Wildman–Crippen MR) is 77.8 cm³/mol. The van der Waals surface area contributed by atoms with E-state index in [-0.39, 0.29) is 11.5 Å². The van der Waals surface area contributed by atoms with Gasteiger partial charge in [0.1, 0.15) is 0 Å². The smallest absolute Gasteiger partial charge is 0.0474 e. The Morgan fingerprint density at radius 2 is 1.83 bits per heavy atom. The number of hydrogen-bond donors (Lipinski definition) is 1. The first-order valence-electron chi connectivity index (χ1n) is 7.06. The Balaban J connectivity index is 2.97. The molecule has 0 aliphatic heterocycles. The van der Waals surface area contributed by atoms with Crippen molar-refractivity contribution in [2.75, 3.05) is 13.2 Å². The first-order chi connectivity index (χ1) is 8.67. The molecule has 1 rings (SSSR count). The third-order valence-electron chi connectivity index (χ3n) is 3.81. The lowest BCUT2D eigenvalue weighted by Gasteiger charge is -2.38. The molecule has 0 heterocycles. The van der Waals surface area contributed by atoms with Crippen molar-refractivity contribution in [2.24, 2.45) is 5.73 Å². The van der Waals surface area contributed by atoms with Gasteiger partial charge in [0.2, 0.25) is 0 Å². The van der Waals surface area contributed by atoms with E-state index < -0.39 is 0 Å². The molecule has 18 heavy (non-hydrogen) atoms. The molecule has 1 aromatic rings. The number of ether oxygens (including phenoxy) is 1. The van der Waals surface area contributed by atoms with Crippen LogP contribution in [0.2, 0.25) is 0 Å². The van der Waals surface area contributed by atoms with Gasteiger partial charge in [-0.15, -0.1) is 0 Å². The summed E-state index contributed by atoms with van der Waals surface area (Å²) in [7, 11) is 0. The van der Waals surface area contributed by atoms with E-state index in [0.29, 0.717) is 0 Å². The van der Waals surface area contributed by atoms with Crippen molar-refractivity contribution in [3.63, 3.8) is 0 Å². The molecule has 0 bridgehead atoms. The van der Waals surface area contributed by atoms with Crippen LogP contribution >= 0.6 is 0 Å². The summed E-state index contributed by atoms with van der Waals surface area (Å²) in [5.74, 6) is 0. The fourth-order valence-corrected chi connectivity index (χ4v) is 2.75. The van der Waals surface area contributed by atoms with Crippen molar-refractivity contribution in [3.8, 4) is 0 Å². The summed E-state index contributed by atoms with van der Waals surface area (Å²) in [5.41, 5.74) is 7.71. The monoisotopic (exact) mass is 249 g/mol. The largest absolute Gasteiger partial charge is 0.382 e. The molecular weight excluding hydrogens is 222 g/mol. The van der Waals surface area contributed by atoms with Gasteiger partial charge in [-0.3, -0.25) is 0 Å². The van der Waals surface area contributed by atoms with E-state index in [2.05, 4.69) is 44.2 Å². The first kappa shape index (κ1) is 15.2. The van der Waals surface area contributed by atoms with Crippen molar-refractivity contribution >= 4 is 0 Å². The van der Waals surface area contributed by atoms with Crippen molar-refractivity contribution in [1.29, 1.82) is 0 Å². The summed E-state index contributed by atoms with van der Waals surface area (Å²) in [4.78, 5) is 0. The van der Waals surface area contributed by atoms with Gasteiger partial charge >= 0.3 is 0 Å². The van der Waals surface area contributed by atoms with Crippen molar-refractivity contribution in [1.82, 2.24) is 0 Å². The normalized spacial score (nSPS) is 16.2. The van der Waals surface area contributed by atoms with Crippen LogP contribution < -0.4 is 5.73 Å². The molecule has 2 nitrogen and oxygen atoms in total. The minimum atomic E-state index is 0.0468. The molecule has 0 aliphatic carbocycles. The van der Waals surface area contributed by atoms with Crippen molar-refractivity contribution < 1.29 is 4.74 Å². The molecule has 1 aromatic carbocycles. The highest BCUT2D eigenvalue weighted by Gasteiger charge is 2.34. The summed E-state index contributed by atoms with van der Waals surface area (Å²) in [6.07, 6.45) is 3.25. The van der Waals surface area contributed by atoms with Gasteiger partial charge in [0, 0.05) is 24.7 Å². The standard InChI is InChI=1S/C16H27NO/c1-4-11-16(14(3)17,12-13-18-5-2)15-9-7-6-8-10-15/h6-10,14H,4-5,11-13,17H2,1-3H3/t14-,16-/m1/s1. The van der Waals surface area contributed by atoms with E-state index in [4.69, 9.17) is 10.5 Å². The SMILES string of the molecule is CCC[C@](CCOCC)(c1ccccc1)[C@@H](C)N. The number of rotatable bonds is 8. The molecule has 0 unspecified atom stereocenters. The van der Waals surface area contributed by atoms with Crippen LogP contribution in [0.4, 0.5) is 0 Å². The van der Waals surface area contributed by atoms with Crippen LogP contribution in [0.5, 0.6) is 0 Å². The quantitative estimate of drug-likeness (QED) is 0.716. The van der Waals surface area contributed by atoms with Crippen LogP contribution in [0.1, 0.15) is 45.6 Å². The third kappa shape index (κ3) is 3.56. The van der Waals surface area contributed by atoms with Crippen LogP contribution in [-0.4, -0.2) is 19.3 Å². The summed E-state index contributed by atoms with van der Waals surface area (Å²) in [6.45, 7) is 7.94. The van der Waals surface area contributed by atoms with Gasteiger partial charge in [-0.1, -0.05) is 43.7 Å². The Morgan fingerprint density at radius 3 is 2.33 bits per heavy atom. The van der Waals surface area contributed by atoms with Gasteiger partial charge in [0.05, 0.1) is 0 Å². The number of hydrogen-bond acceptors (Lipinski definition) is 2. The fraction of sp³-hybridized carbons (Fsp3) is 0.625. The second-order valence-corrected chi connectivity index (χ2v) is 5.01. The average Bonchev–Trinajstić information content (AvgIpc) is 2.38. The topological polar surface area (TPSA) is 35.2 Å². The highest BCUT2D eigenvalue weighted by atomic mass is 16.5. The van der Waals surface area contributed by atoms with E-state index in [1.807, 2.05) is 6.92 Å². The summed E-state index contributed by atoms with van der Waals surface area (Å²) >= 11 is 0. The molecule has 2 N–H and O–H groups in total. The Hall–Kier alpha value is -0.860. The van der Waals surface area contributed by atoms with Gasteiger partial charge in [-0.05, 0) is 32.3 Å². The number of benzene rings is 1. The zero-order valence-corrected chi connectivity index (χ0v) is 12.0. The fourth-order valence-electron chi connectivity index (χ4n) is 2.75. The van der Waals surface area contributed by atoms with E-state index in [9.17, 15) is 0 Å². The van der Waals surface area contributed by atoms with Crippen molar-refractivity contribution in [3.05, 3.63) is 35.9 Å². The maximum absolute atomic E-state index is 6.32. The highest BCUT2D eigenvalue weighted by Crippen LogP contribution is 2.35. The van der Waals surface area contributed by atoms with Gasteiger partial charge in [-0.2, -0.15) is 0 Å². The molecule has 0 aromatic heterocycles. The molecule has 2 atom stereocenters. The second-order valence-electron chi connectivity index (χ2n) is 5.01. The lowest BCUT2D eigenvalue weighted by Crippen LogP contribution is -2.44. The number of nitrogens with two attached hydrogens (primary N) is 1. The van der Waals surface area contributed by atoms with Crippen LogP contribution in [0.3, 0.4) is 0 Å². The lowest BCUT2D eigenvalue weighted by atomic mass is 9.69.